The quantitative estimate of drug-likeness (QED) is 0.637. The molecule has 0 unspecified atom stereocenters. The van der Waals surface area contributed by atoms with Crippen LogP contribution < -0.4 is 5.14 Å². The van der Waals surface area contributed by atoms with Gasteiger partial charge in [-0.25, -0.2) is 26.7 Å². The van der Waals surface area contributed by atoms with Crippen LogP contribution in [0, 0.1) is 0 Å². The summed E-state index contributed by atoms with van der Waals surface area (Å²) in [5, 5.41) is 8.86. The first kappa shape index (κ1) is 18.7. The summed E-state index contributed by atoms with van der Waals surface area (Å²) in [5.74, 6) is 0.258. The number of sulfone groups is 1. The number of aromatic nitrogens is 3. The van der Waals surface area contributed by atoms with Gasteiger partial charge in [0.1, 0.15) is 0 Å². The molecule has 0 radical (unpaired) electrons. The van der Waals surface area contributed by atoms with Gasteiger partial charge in [-0.3, -0.25) is 0 Å². The average molecular weight is 457 g/mol. The minimum absolute atomic E-state index is 0.0562. The van der Waals surface area contributed by atoms with E-state index in [1.54, 1.807) is 24.3 Å². The minimum Gasteiger partial charge on any atom is -0.225 e. The van der Waals surface area contributed by atoms with Crippen LogP contribution in [-0.4, -0.2) is 37.9 Å². The van der Waals surface area contributed by atoms with Gasteiger partial charge in [-0.05, 0) is 48.5 Å². The van der Waals surface area contributed by atoms with Crippen molar-refractivity contribution in [3.8, 4) is 17.1 Å². The molecule has 0 atom stereocenters. The zero-order valence-corrected chi connectivity index (χ0v) is 16.6. The molecule has 0 fully saturated rings. The van der Waals surface area contributed by atoms with Crippen molar-refractivity contribution in [1.29, 1.82) is 0 Å². The Morgan fingerprint density at radius 2 is 1.54 bits per heavy atom. The van der Waals surface area contributed by atoms with Gasteiger partial charge in [0.05, 0.1) is 10.6 Å². The third kappa shape index (κ3) is 3.85. The second-order valence-electron chi connectivity index (χ2n) is 5.45. The Labute approximate surface area is 158 Å². The Hall–Kier alpha value is -2.08. The van der Waals surface area contributed by atoms with Crippen molar-refractivity contribution in [2.45, 2.75) is 10.1 Å². The maximum atomic E-state index is 11.9. The average Bonchev–Trinajstić information content (AvgIpc) is 3.00. The van der Waals surface area contributed by atoms with Crippen LogP contribution in [0.3, 0.4) is 0 Å². The van der Waals surface area contributed by atoms with Crippen LogP contribution in [0.1, 0.15) is 0 Å². The molecule has 1 heterocycles. The predicted molar refractivity (Wildman–Crippen MR) is 99.0 cm³/mol. The summed E-state index contributed by atoms with van der Waals surface area (Å²) in [6.45, 7) is 0. The van der Waals surface area contributed by atoms with Crippen LogP contribution in [0.4, 0.5) is 0 Å². The van der Waals surface area contributed by atoms with Gasteiger partial charge >= 0.3 is 0 Å². The molecule has 11 heteroatoms. The minimum atomic E-state index is -3.83. The highest BCUT2D eigenvalue weighted by Gasteiger charge is 2.20. The molecule has 26 heavy (non-hydrogen) atoms. The van der Waals surface area contributed by atoms with Crippen LogP contribution in [0.2, 0.25) is 0 Å². The molecule has 2 N–H and O–H groups in total. The smallest absolute Gasteiger partial charge is 0.225 e. The molecule has 0 amide bonds. The number of hydrogen-bond donors (Lipinski definition) is 1. The predicted octanol–water partition coefficient (Wildman–Crippen LogP) is 1.75. The lowest BCUT2D eigenvalue weighted by atomic mass is 10.2. The van der Waals surface area contributed by atoms with Crippen molar-refractivity contribution < 1.29 is 16.8 Å². The van der Waals surface area contributed by atoms with E-state index in [1.807, 2.05) is 0 Å². The molecule has 0 aliphatic rings. The lowest BCUT2D eigenvalue weighted by molar-refractivity contribution is 0.592. The van der Waals surface area contributed by atoms with Crippen molar-refractivity contribution >= 4 is 35.8 Å². The largest absolute Gasteiger partial charge is 0.267 e. The second-order valence-corrected chi connectivity index (χ2v) is 9.83. The molecule has 0 aliphatic heterocycles. The normalized spacial score (nSPS) is 12.3. The lowest BCUT2D eigenvalue weighted by Gasteiger charge is -2.06. The number of nitrogens with two attached hydrogens (primary N) is 1. The number of sulfonamides is 1. The SMILES string of the molecule is CS(=O)(=O)c1nc(-c2ccc(S(N)(=O)=O)cc2)n(-c2ccc(Br)cc2)n1. The highest BCUT2D eigenvalue weighted by Crippen LogP contribution is 2.24. The van der Waals surface area contributed by atoms with Crippen LogP contribution in [-0.2, 0) is 19.9 Å². The first-order valence-electron chi connectivity index (χ1n) is 7.12. The van der Waals surface area contributed by atoms with Crippen LogP contribution >= 0.6 is 15.9 Å². The van der Waals surface area contributed by atoms with Gasteiger partial charge in [0.2, 0.25) is 19.9 Å². The maximum absolute atomic E-state index is 11.9. The standard InChI is InChI=1S/C15H13BrN4O4S2/c1-25(21,22)15-18-14(10-2-8-13(9-3-10)26(17,23)24)20(19-15)12-6-4-11(16)5-7-12/h2-9H,1H3,(H2,17,23,24). The highest BCUT2D eigenvalue weighted by molar-refractivity contribution is 9.10. The van der Waals surface area contributed by atoms with Crippen LogP contribution in [0.15, 0.2) is 63.1 Å². The first-order valence-corrected chi connectivity index (χ1v) is 11.3. The van der Waals surface area contributed by atoms with E-state index in [9.17, 15) is 16.8 Å². The van der Waals surface area contributed by atoms with Gasteiger partial charge in [-0.2, -0.15) is 4.98 Å². The lowest BCUT2D eigenvalue weighted by Crippen LogP contribution is -2.11. The Morgan fingerprint density at radius 1 is 0.962 bits per heavy atom. The van der Waals surface area contributed by atoms with E-state index >= 15 is 0 Å². The summed E-state index contributed by atoms with van der Waals surface area (Å²) in [7, 11) is -7.46. The van der Waals surface area contributed by atoms with E-state index < -0.39 is 19.9 Å². The molecule has 0 saturated carbocycles. The number of benzene rings is 2. The summed E-state index contributed by atoms with van der Waals surface area (Å²) >= 11 is 3.34. The maximum Gasteiger partial charge on any atom is 0.267 e. The molecule has 0 saturated heterocycles. The molecular formula is C15H13BrN4O4S2. The summed E-state index contributed by atoms with van der Waals surface area (Å²) in [6.07, 6.45) is 1.02. The van der Waals surface area contributed by atoms with Gasteiger partial charge in [0, 0.05) is 16.3 Å². The van der Waals surface area contributed by atoms with E-state index in [2.05, 4.69) is 26.0 Å². The van der Waals surface area contributed by atoms with Crippen LogP contribution in [0.5, 0.6) is 0 Å². The monoisotopic (exact) mass is 456 g/mol. The van der Waals surface area contributed by atoms with E-state index in [0.29, 0.717) is 11.3 Å². The first-order chi connectivity index (χ1) is 12.1. The molecule has 3 aromatic rings. The molecule has 136 valence electrons. The number of nitrogens with zero attached hydrogens (tertiary/aromatic N) is 3. The summed E-state index contributed by atoms with van der Waals surface area (Å²) < 4.78 is 48.7. The highest BCUT2D eigenvalue weighted by atomic mass is 79.9. The van der Waals surface area contributed by atoms with Gasteiger partial charge in [-0.15, -0.1) is 5.10 Å². The third-order valence-corrected chi connectivity index (χ3v) is 5.73. The van der Waals surface area contributed by atoms with Gasteiger partial charge in [0.15, 0.2) is 5.82 Å². The molecule has 0 aliphatic carbocycles. The third-order valence-electron chi connectivity index (χ3n) is 3.43. The summed E-state index contributed by atoms with van der Waals surface area (Å²) in [5.41, 5.74) is 1.09. The van der Waals surface area contributed by atoms with E-state index in [-0.39, 0.29) is 15.9 Å². The zero-order valence-electron chi connectivity index (χ0n) is 13.4. The van der Waals surface area contributed by atoms with Crippen molar-refractivity contribution in [1.82, 2.24) is 14.8 Å². The number of rotatable bonds is 4. The molecule has 3 rings (SSSR count). The van der Waals surface area contributed by atoms with Gasteiger partial charge in [0.25, 0.3) is 5.16 Å². The Balaban J connectivity index is 2.19. The fraction of sp³-hybridized carbons (Fsp3) is 0.0667. The molecule has 2 aromatic carbocycles. The second kappa shape index (κ2) is 6.58. The topological polar surface area (TPSA) is 125 Å². The molecule has 0 bridgehead atoms. The summed E-state index contributed by atoms with van der Waals surface area (Å²) in [4.78, 5) is 4.06. The van der Waals surface area contributed by atoms with E-state index in [1.165, 1.54) is 28.9 Å². The van der Waals surface area contributed by atoms with Crippen molar-refractivity contribution in [3.63, 3.8) is 0 Å². The van der Waals surface area contributed by atoms with Gasteiger partial charge < -0.3 is 0 Å². The van der Waals surface area contributed by atoms with Crippen molar-refractivity contribution in [2.24, 2.45) is 5.14 Å². The molecule has 1 aromatic heterocycles. The molecular weight excluding hydrogens is 444 g/mol. The fourth-order valence-electron chi connectivity index (χ4n) is 2.19. The van der Waals surface area contributed by atoms with Gasteiger partial charge in [-0.1, -0.05) is 15.9 Å². The number of primary sulfonamides is 1. The van der Waals surface area contributed by atoms with E-state index in [0.717, 1.165) is 10.7 Å². The number of hydrogen-bond acceptors (Lipinski definition) is 6. The molecule has 8 nitrogen and oxygen atoms in total. The fourth-order valence-corrected chi connectivity index (χ4v) is 3.46. The Bertz CT molecular complexity index is 1170. The van der Waals surface area contributed by atoms with E-state index in [4.69, 9.17) is 5.14 Å². The van der Waals surface area contributed by atoms with Crippen molar-refractivity contribution in [3.05, 3.63) is 53.0 Å². The Morgan fingerprint density at radius 3 is 2.04 bits per heavy atom. The molecule has 0 spiro atoms. The van der Waals surface area contributed by atoms with Crippen molar-refractivity contribution in [2.75, 3.05) is 6.26 Å². The number of halogens is 1. The zero-order chi connectivity index (χ0) is 19.1. The Kier molecular flexibility index (Phi) is 4.73. The summed E-state index contributed by atoms with van der Waals surface area (Å²) in [6, 6.07) is 12.7. The van der Waals surface area contributed by atoms with Crippen LogP contribution in [0.25, 0.3) is 17.1 Å².